The Hall–Kier alpha value is -1.64. The third kappa shape index (κ3) is 2.74. The van der Waals surface area contributed by atoms with Gasteiger partial charge in [0.05, 0.1) is 10.9 Å². The molecule has 0 N–H and O–H groups in total. The summed E-state index contributed by atoms with van der Waals surface area (Å²) in [6.07, 6.45) is 0.882. The van der Waals surface area contributed by atoms with E-state index in [1.807, 2.05) is 16.7 Å². The molecule has 0 aliphatic rings. The van der Waals surface area contributed by atoms with Crippen LogP contribution in [0.3, 0.4) is 0 Å². The van der Waals surface area contributed by atoms with Crippen molar-refractivity contribution in [2.75, 3.05) is 0 Å². The summed E-state index contributed by atoms with van der Waals surface area (Å²) in [4.78, 5) is 17.9. The lowest BCUT2D eigenvalue weighted by Crippen LogP contribution is -2.40. The zero-order valence-electron chi connectivity index (χ0n) is 14.2. The number of rotatable bonds is 1. The summed E-state index contributed by atoms with van der Waals surface area (Å²) >= 11 is 0. The normalized spacial score (nSPS) is 12.9. The molecule has 2 aromatic rings. The van der Waals surface area contributed by atoms with E-state index in [-0.39, 0.29) is 16.5 Å². The minimum atomic E-state index is -0.289. The van der Waals surface area contributed by atoms with Gasteiger partial charge in [-0.25, -0.2) is 4.98 Å². The van der Waals surface area contributed by atoms with Crippen LogP contribution in [0.1, 0.15) is 59.9 Å². The lowest BCUT2D eigenvalue weighted by molar-refractivity contribution is 0.338. The van der Waals surface area contributed by atoms with Gasteiger partial charge in [-0.1, -0.05) is 39.8 Å². The van der Waals surface area contributed by atoms with Crippen molar-refractivity contribution >= 4 is 10.9 Å². The highest BCUT2D eigenvalue weighted by atomic mass is 16.1. The minimum absolute atomic E-state index is 0.0627. The van der Waals surface area contributed by atoms with Crippen LogP contribution in [0, 0.1) is 0 Å². The average Bonchev–Trinajstić information content (AvgIpc) is 2.35. The van der Waals surface area contributed by atoms with Crippen molar-refractivity contribution in [1.29, 1.82) is 0 Å². The molecule has 0 saturated carbocycles. The van der Waals surface area contributed by atoms with E-state index in [9.17, 15) is 4.79 Å². The van der Waals surface area contributed by atoms with Crippen LogP contribution in [-0.4, -0.2) is 9.55 Å². The van der Waals surface area contributed by atoms with E-state index in [0.29, 0.717) is 0 Å². The summed E-state index contributed by atoms with van der Waals surface area (Å²) < 4.78 is 1.86. The fourth-order valence-electron chi connectivity index (χ4n) is 2.68. The Morgan fingerprint density at radius 1 is 1.10 bits per heavy atom. The maximum atomic E-state index is 13.0. The molecule has 0 atom stereocenters. The van der Waals surface area contributed by atoms with E-state index in [2.05, 4.69) is 54.5 Å². The van der Waals surface area contributed by atoms with Crippen LogP contribution in [0.2, 0.25) is 0 Å². The van der Waals surface area contributed by atoms with Gasteiger partial charge in [0.15, 0.2) is 0 Å². The summed E-state index contributed by atoms with van der Waals surface area (Å²) in [5.41, 5.74) is 1.59. The molecule has 0 aliphatic carbocycles. The van der Waals surface area contributed by atoms with Crippen molar-refractivity contribution in [3.05, 3.63) is 39.9 Å². The molecule has 3 nitrogen and oxygen atoms in total. The number of aryl methyl sites for hydroxylation is 1. The number of benzene rings is 1. The number of fused-ring (bicyclic) bond motifs is 1. The van der Waals surface area contributed by atoms with Gasteiger partial charge in [0.25, 0.3) is 5.56 Å². The SMILES string of the molecule is CCc1cccc2c(=O)n(C(C)(C)C)c(C(C)(C)C)nc12. The van der Waals surface area contributed by atoms with E-state index < -0.39 is 0 Å². The minimum Gasteiger partial charge on any atom is -0.290 e. The molecule has 1 aromatic heterocycles. The molecule has 3 heteroatoms. The van der Waals surface area contributed by atoms with Gasteiger partial charge in [0.1, 0.15) is 5.82 Å². The van der Waals surface area contributed by atoms with Crippen molar-refractivity contribution in [1.82, 2.24) is 9.55 Å². The lowest BCUT2D eigenvalue weighted by Gasteiger charge is -2.31. The molecular formula is C18H26N2O. The van der Waals surface area contributed by atoms with Gasteiger partial charge in [-0.05, 0) is 38.8 Å². The molecule has 1 aromatic carbocycles. The maximum Gasteiger partial charge on any atom is 0.261 e. The maximum absolute atomic E-state index is 13.0. The van der Waals surface area contributed by atoms with E-state index in [0.717, 1.165) is 28.7 Å². The Morgan fingerprint density at radius 3 is 2.19 bits per heavy atom. The first-order valence-electron chi connectivity index (χ1n) is 7.63. The van der Waals surface area contributed by atoms with Crippen molar-refractivity contribution < 1.29 is 0 Å². The molecule has 0 fully saturated rings. The average molecular weight is 286 g/mol. The zero-order chi connectivity index (χ0) is 16.0. The quantitative estimate of drug-likeness (QED) is 0.794. The van der Waals surface area contributed by atoms with Gasteiger partial charge in [0.2, 0.25) is 0 Å². The molecular weight excluding hydrogens is 260 g/mol. The van der Waals surface area contributed by atoms with Crippen LogP contribution >= 0.6 is 0 Å². The Balaban J connectivity index is 3.03. The number of hydrogen-bond acceptors (Lipinski definition) is 2. The van der Waals surface area contributed by atoms with Crippen molar-refractivity contribution in [3.63, 3.8) is 0 Å². The van der Waals surface area contributed by atoms with E-state index in [1.54, 1.807) is 0 Å². The highest BCUT2D eigenvalue weighted by molar-refractivity contribution is 5.81. The van der Waals surface area contributed by atoms with Gasteiger partial charge in [-0.2, -0.15) is 0 Å². The molecule has 2 rings (SSSR count). The fourth-order valence-corrected chi connectivity index (χ4v) is 2.68. The van der Waals surface area contributed by atoms with E-state index in [4.69, 9.17) is 4.98 Å². The highest BCUT2D eigenvalue weighted by Crippen LogP contribution is 2.27. The molecule has 0 saturated heterocycles. The molecule has 0 spiro atoms. The number of para-hydroxylation sites is 1. The lowest BCUT2D eigenvalue weighted by atomic mass is 9.92. The molecule has 1 heterocycles. The first-order valence-corrected chi connectivity index (χ1v) is 7.63. The van der Waals surface area contributed by atoms with E-state index in [1.165, 1.54) is 0 Å². The Kier molecular flexibility index (Phi) is 3.73. The third-order valence-electron chi connectivity index (χ3n) is 3.71. The summed E-state index contributed by atoms with van der Waals surface area (Å²) in [5, 5.41) is 0.720. The van der Waals surface area contributed by atoms with Crippen LogP contribution in [0.4, 0.5) is 0 Å². The smallest absolute Gasteiger partial charge is 0.261 e. The van der Waals surface area contributed by atoms with Crippen molar-refractivity contribution in [2.45, 2.75) is 65.8 Å². The Morgan fingerprint density at radius 2 is 1.71 bits per heavy atom. The molecule has 21 heavy (non-hydrogen) atoms. The van der Waals surface area contributed by atoms with Crippen molar-refractivity contribution in [3.8, 4) is 0 Å². The van der Waals surface area contributed by atoms with Gasteiger partial charge in [-0.15, -0.1) is 0 Å². The second-order valence-electron chi connectivity index (χ2n) is 7.66. The second-order valence-corrected chi connectivity index (χ2v) is 7.66. The van der Waals surface area contributed by atoms with Crippen molar-refractivity contribution in [2.24, 2.45) is 0 Å². The topological polar surface area (TPSA) is 34.9 Å². The molecule has 0 unspecified atom stereocenters. The van der Waals surface area contributed by atoms with Gasteiger partial charge < -0.3 is 0 Å². The number of aromatic nitrogens is 2. The number of hydrogen-bond donors (Lipinski definition) is 0. The van der Waals surface area contributed by atoms with Crippen LogP contribution in [0.15, 0.2) is 23.0 Å². The van der Waals surface area contributed by atoms with Crippen LogP contribution in [0.5, 0.6) is 0 Å². The molecule has 114 valence electrons. The Bertz CT molecular complexity index is 728. The van der Waals surface area contributed by atoms with Gasteiger partial charge >= 0.3 is 0 Å². The molecule has 0 radical (unpaired) electrons. The summed E-state index contributed by atoms with van der Waals surface area (Å²) in [6.45, 7) is 14.6. The van der Waals surface area contributed by atoms with E-state index >= 15 is 0 Å². The molecule has 0 aliphatic heterocycles. The molecule has 0 bridgehead atoms. The van der Waals surface area contributed by atoms with Gasteiger partial charge in [-0.3, -0.25) is 9.36 Å². The molecule has 0 amide bonds. The van der Waals surface area contributed by atoms with Gasteiger partial charge in [0, 0.05) is 11.0 Å². The highest BCUT2D eigenvalue weighted by Gasteiger charge is 2.28. The number of nitrogens with zero attached hydrogens (tertiary/aromatic N) is 2. The van der Waals surface area contributed by atoms with Crippen LogP contribution in [-0.2, 0) is 17.4 Å². The van der Waals surface area contributed by atoms with Crippen LogP contribution in [0.25, 0.3) is 10.9 Å². The van der Waals surface area contributed by atoms with Crippen LogP contribution < -0.4 is 5.56 Å². The zero-order valence-corrected chi connectivity index (χ0v) is 14.2. The monoisotopic (exact) mass is 286 g/mol. The standard InChI is InChI=1S/C18H26N2O/c1-8-12-10-9-11-13-14(12)19-16(17(2,3)4)20(15(13)21)18(5,6)7/h9-11H,8H2,1-7H3. The summed E-state index contributed by atoms with van der Waals surface area (Å²) in [7, 11) is 0. The first-order chi connectivity index (χ1) is 9.57. The predicted octanol–water partition coefficient (Wildman–Crippen LogP) is 4.01. The predicted molar refractivity (Wildman–Crippen MR) is 89.1 cm³/mol. The fraction of sp³-hybridized carbons (Fsp3) is 0.556. The second kappa shape index (κ2) is 4.97. The third-order valence-corrected chi connectivity index (χ3v) is 3.71. The summed E-state index contributed by atoms with van der Waals surface area (Å²) in [5.74, 6) is 0.855. The Labute approximate surface area is 127 Å². The first kappa shape index (κ1) is 15.7. The summed E-state index contributed by atoms with van der Waals surface area (Å²) in [6, 6.07) is 5.90. The largest absolute Gasteiger partial charge is 0.290 e.